The smallest absolute Gasteiger partial charge is 0.490 e. The highest BCUT2D eigenvalue weighted by Crippen LogP contribution is 2.32. The van der Waals surface area contributed by atoms with Crippen LogP contribution in [0, 0.1) is 11.8 Å². The van der Waals surface area contributed by atoms with Gasteiger partial charge in [0.15, 0.2) is 0 Å². The Labute approximate surface area is 225 Å². The molecule has 1 aromatic heterocycles. The zero-order valence-electron chi connectivity index (χ0n) is 21.2. The molecule has 1 aromatic carbocycles. The number of likely N-dealkylation sites (tertiary alicyclic amines) is 2. The number of ether oxygens (including phenoxy) is 1. The van der Waals surface area contributed by atoms with Crippen molar-refractivity contribution in [2.24, 2.45) is 11.8 Å². The zero-order chi connectivity index (χ0) is 30.1. The van der Waals surface area contributed by atoms with Crippen molar-refractivity contribution < 1.29 is 55.7 Å². The molecule has 4 rings (SSSR count). The summed E-state index contributed by atoms with van der Waals surface area (Å²) in [6, 6.07) is 11.9. The fourth-order valence-corrected chi connectivity index (χ4v) is 4.20. The van der Waals surface area contributed by atoms with Gasteiger partial charge in [0.05, 0.1) is 13.5 Å². The van der Waals surface area contributed by atoms with Crippen molar-refractivity contribution in [2.75, 3.05) is 33.3 Å². The number of fused-ring (bicyclic) bond motifs is 1. The number of alkyl halides is 6. The summed E-state index contributed by atoms with van der Waals surface area (Å²) < 4.78 is 68.6. The summed E-state index contributed by atoms with van der Waals surface area (Å²) in [5.74, 6) is -3.24. The molecule has 15 heteroatoms. The largest absolute Gasteiger partial charge is 0.497 e. The number of nitrogens with zero attached hydrogens (tertiary/aromatic N) is 3. The van der Waals surface area contributed by atoms with Gasteiger partial charge in [0.25, 0.3) is 0 Å². The van der Waals surface area contributed by atoms with Crippen molar-refractivity contribution in [3.8, 4) is 5.75 Å². The molecule has 0 spiro atoms. The number of halogens is 6. The molecule has 2 saturated heterocycles. The Morgan fingerprint density at radius 3 is 1.77 bits per heavy atom. The van der Waals surface area contributed by atoms with Crippen molar-refractivity contribution in [2.45, 2.75) is 25.3 Å². The molecule has 2 N–H and O–H groups in total. The Kier molecular flexibility index (Phi) is 11.3. The van der Waals surface area contributed by atoms with Gasteiger partial charge in [-0.05, 0) is 41.2 Å². The van der Waals surface area contributed by atoms with Crippen LogP contribution in [0.2, 0.25) is 0 Å². The number of aliphatic carboxylic acids is 2. The van der Waals surface area contributed by atoms with Crippen LogP contribution < -0.4 is 4.74 Å². The summed E-state index contributed by atoms with van der Waals surface area (Å²) in [6.07, 6.45) is -5.93. The van der Waals surface area contributed by atoms with Gasteiger partial charge in [0.1, 0.15) is 5.75 Å². The van der Waals surface area contributed by atoms with E-state index in [1.54, 1.807) is 7.11 Å². The standard InChI is InChI=1S/C21H25N3O2.2C2HF3O2/c1-26-20-6-4-16(5-7-20)9-21(25)24-14-18-12-23(13-19(18)15-24)11-17-3-2-8-22-10-17;2*3-2(4,5)1(6)7/h2-8,10,18-19H,9,11-15H2,1H3;2*(H,6,7)/t18-,19+;;. The first-order chi connectivity index (χ1) is 18.6. The van der Waals surface area contributed by atoms with E-state index in [0.717, 1.165) is 44.0 Å². The molecule has 220 valence electrons. The van der Waals surface area contributed by atoms with Crippen LogP contribution in [-0.4, -0.2) is 88.5 Å². The quantitative estimate of drug-likeness (QED) is 0.517. The maximum atomic E-state index is 12.6. The lowest BCUT2D eigenvalue weighted by Gasteiger charge is -2.21. The second-order valence-electron chi connectivity index (χ2n) is 9.00. The highest BCUT2D eigenvalue weighted by Gasteiger charge is 2.41. The van der Waals surface area contributed by atoms with Crippen LogP contribution in [0.3, 0.4) is 0 Å². The van der Waals surface area contributed by atoms with E-state index < -0.39 is 24.3 Å². The predicted octanol–water partition coefficient (Wildman–Crippen LogP) is 3.49. The minimum Gasteiger partial charge on any atom is -0.497 e. The number of benzene rings is 1. The normalized spacial score (nSPS) is 18.5. The third kappa shape index (κ3) is 10.4. The predicted molar refractivity (Wildman–Crippen MR) is 127 cm³/mol. The lowest BCUT2D eigenvalue weighted by atomic mass is 10.0. The highest BCUT2D eigenvalue weighted by atomic mass is 19.4. The molecular weight excluding hydrogens is 552 g/mol. The summed E-state index contributed by atoms with van der Waals surface area (Å²) >= 11 is 0. The number of carbonyl (C=O) groups is 3. The van der Waals surface area contributed by atoms with Gasteiger partial charge in [-0.25, -0.2) is 9.59 Å². The Morgan fingerprint density at radius 2 is 1.38 bits per heavy atom. The molecule has 0 saturated carbocycles. The molecule has 9 nitrogen and oxygen atoms in total. The molecule has 40 heavy (non-hydrogen) atoms. The number of carboxylic acid groups (broad SMARTS) is 2. The van der Waals surface area contributed by atoms with Crippen molar-refractivity contribution in [1.29, 1.82) is 0 Å². The molecule has 2 aliphatic heterocycles. The number of methoxy groups -OCH3 is 1. The Balaban J connectivity index is 0.000000333. The molecule has 2 aliphatic rings. The Bertz CT molecular complexity index is 1090. The van der Waals surface area contributed by atoms with E-state index in [2.05, 4.69) is 20.9 Å². The van der Waals surface area contributed by atoms with Crippen LogP contribution in [-0.2, 0) is 27.3 Å². The Hall–Kier alpha value is -3.88. The number of pyridine rings is 1. The summed E-state index contributed by atoms with van der Waals surface area (Å²) in [5.41, 5.74) is 2.31. The molecule has 0 radical (unpaired) electrons. The first-order valence-electron chi connectivity index (χ1n) is 11.7. The third-order valence-corrected chi connectivity index (χ3v) is 6.04. The van der Waals surface area contributed by atoms with Gasteiger partial charge in [-0.2, -0.15) is 26.3 Å². The number of hydrogen-bond donors (Lipinski definition) is 2. The van der Waals surface area contributed by atoms with Crippen molar-refractivity contribution in [3.63, 3.8) is 0 Å². The summed E-state index contributed by atoms with van der Waals surface area (Å²) in [4.78, 5) is 39.2. The van der Waals surface area contributed by atoms with Gasteiger partial charge in [-0.15, -0.1) is 0 Å². The van der Waals surface area contributed by atoms with Crippen molar-refractivity contribution >= 4 is 17.8 Å². The summed E-state index contributed by atoms with van der Waals surface area (Å²) in [5, 5.41) is 14.2. The third-order valence-electron chi connectivity index (χ3n) is 6.04. The molecule has 2 fully saturated rings. The van der Waals surface area contributed by atoms with E-state index in [4.69, 9.17) is 24.5 Å². The molecule has 3 heterocycles. The average Bonchev–Trinajstić information content (AvgIpc) is 3.44. The number of hydrogen-bond acceptors (Lipinski definition) is 6. The van der Waals surface area contributed by atoms with E-state index in [9.17, 15) is 31.1 Å². The lowest BCUT2D eigenvalue weighted by Crippen LogP contribution is -2.34. The fourth-order valence-electron chi connectivity index (χ4n) is 4.20. The van der Waals surface area contributed by atoms with Crippen LogP contribution in [0.25, 0.3) is 0 Å². The fraction of sp³-hybridized carbons (Fsp3) is 0.440. The second kappa shape index (κ2) is 14.0. The van der Waals surface area contributed by atoms with Gasteiger partial charge in [0, 0.05) is 45.1 Å². The topological polar surface area (TPSA) is 120 Å². The minimum atomic E-state index is -5.08. The van der Waals surface area contributed by atoms with E-state index >= 15 is 0 Å². The molecule has 1 amide bonds. The SMILES string of the molecule is COc1ccc(CC(=O)N2C[C@H]3CN(Cc4cccnc4)C[C@H]3C2)cc1.O=C(O)C(F)(F)F.O=C(O)C(F)(F)F. The van der Waals surface area contributed by atoms with Gasteiger partial charge in [-0.1, -0.05) is 18.2 Å². The lowest BCUT2D eigenvalue weighted by molar-refractivity contribution is -0.193. The molecular formula is C25H27F6N3O6. The number of aromatic nitrogens is 1. The van der Waals surface area contributed by atoms with Crippen LogP contribution >= 0.6 is 0 Å². The molecule has 0 unspecified atom stereocenters. The summed E-state index contributed by atoms with van der Waals surface area (Å²) in [7, 11) is 1.65. The molecule has 2 atom stereocenters. The van der Waals surface area contributed by atoms with Crippen LogP contribution in [0.15, 0.2) is 48.8 Å². The maximum absolute atomic E-state index is 12.6. The van der Waals surface area contributed by atoms with Crippen molar-refractivity contribution in [1.82, 2.24) is 14.8 Å². The number of amides is 1. The van der Waals surface area contributed by atoms with Gasteiger partial charge >= 0.3 is 24.3 Å². The number of carbonyl (C=O) groups excluding carboxylic acids is 1. The highest BCUT2D eigenvalue weighted by molar-refractivity contribution is 5.79. The molecule has 0 bridgehead atoms. The van der Waals surface area contributed by atoms with E-state index in [0.29, 0.717) is 18.3 Å². The Morgan fingerprint density at radius 1 is 0.875 bits per heavy atom. The maximum Gasteiger partial charge on any atom is 0.490 e. The van der Waals surface area contributed by atoms with Crippen molar-refractivity contribution in [3.05, 3.63) is 59.9 Å². The first-order valence-corrected chi connectivity index (χ1v) is 11.7. The van der Waals surface area contributed by atoms with Crippen LogP contribution in [0.4, 0.5) is 26.3 Å². The monoisotopic (exact) mass is 579 g/mol. The minimum absolute atomic E-state index is 0.239. The van der Waals surface area contributed by atoms with E-state index in [-0.39, 0.29) is 5.91 Å². The van der Waals surface area contributed by atoms with Crippen LogP contribution in [0.1, 0.15) is 11.1 Å². The van der Waals surface area contributed by atoms with Gasteiger partial charge < -0.3 is 19.8 Å². The molecule has 2 aromatic rings. The van der Waals surface area contributed by atoms with E-state index in [1.165, 1.54) is 5.56 Å². The first kappa shape index (κ1) is 32.3. The summed E-state index contributed by atoms with van der Waals surface area (Å²) in [6.45, 7) is 4.89. The second-order valence-corrected chi connectivity index (χ2v) is 9.00. The zero-order valence-corrected chi connectivity index (χ0v) is 21.2. The molecule has 0 aliphatic carbocycles. The number of carboxylic acids is 2. The van der Waals surface area contributed by atoms with E-state index in [1.807, 2.05) is 42.7 Å². The van der Waals surface area contributed by atoms with Gasteiger partial charge in [0.2, 0.25) is 5.91 Å². The van der Waals surface area contributed by atoms with Gasteiger partial charge in [-0.3, -0.25) is 14.7 Å². The van der Waals surface area contributed by atoms with Crippen LogP contribution in [0.5, 0.6) is 5.75 Å². The average molecular weight is 579 g/mol. The number of rotatable bonds is 5.